The summed E-state index contributed by atoms with van der Waals surface area (Å²) in [6, 6.07) is 0. The van der Waals surface area contributed by atoms with Gasteiger partial charge in [0.1, 0.15) is 6.33 Å². The molecule has 2 rings (SSSR count). The summed E-state index contributed by atoms with van der Waals surface area (Å²) in [4.78, 5) is 17.8. The minimum absolute atomic E-state index is 0.149. The first-order chi connectivity index (χ1) is 9.08. The van der Waals surface area contributed by atoms with Gasteiger partial charge in [-0.25, -0.2) is 9.97 Å². The SMILES string of the molecule is O=[N+]([O-])c1c(Cl)ncnc1NCC1CCC(O)CC1. The van der Waals surface area contributed by atoms with E-state index in [0.717, 1.165) is 25.7 Å². The van der Waals surface area contributed by atoms with Crippen LogP contribution in [0.5, 0.6) is 0 Å². The van der Waals surface area contributed by atoms with Crippen LogP contribution in [-0.4, -0.2) is 32.6 Å². The molecule has 0 saturated heterocycles. The second-order valence-corrected chi connectivity index (χ2v) is 5.03. The van der Waals surface area contributed by atoms with E-state index in [-0.39, 0.29) is 22.8 Å². The van der Waals surface area contributed by atoms with Gasteiger partial charge >= 0.3 is 5.69 Å². The minimum atomic E-state index is -0.588. The Balaban J connectivity index is 2.00. The number of nitrogens with one attached hydrogen (secondary N) is 1. The quantitative estimate of drug-likeness (QED) is 0.499. The third-order valence-corrected chi connectivity index (χ3v) is 3.61. The molecule has 0 radical (unpaired) electrons. The molecular weight excluding hydrogens is 272 g/mol. The van der Waals surface area contributed by atoms with E-state index in [1.807, 2.05) is 0 Å². The zero-order valence-electron chi connectivity index (χ0n) is 10.3. The number of aliphatic hydroxyl groups excluding tert-OH is 1. The monoisotopic (exact) mass is 286 g/mol. The molecule has 1 heterocycles. The first-order valence-corrected chi connectivity index (χ1v) is 6.52. The number of aromatic nitrogens is 2. The molecule has 1 aliphatic carbocycles. The number of halogens is 1. The van der Waals surface area contributed by atoms with E-state index < -0.39 is 4.92 Å². The number of nitro groups is 1. The molecule has 2 N–H and O–H groups in total. The van der Waals surface area contributed by atoms with Crippen molar-refractivity contribution < 1.29 is 10.0 Å². The lowest BCUT2D eigenvalue weighted by Gasteiger charge is -2.25. The van der Waals surface area contributed by atoms with Gasteiger partial charge in [-0.2, -0.15) is 0 Å². The van der Waals surface area contributed by atoms with Crippen molar-refractivity contribution in [2.75, 3.05) is 11.9 Å². The lowest BCUT2D eigenvalue weighted by atomic mass is 9.87. The molecule has 0 bridgehead atoms. The second kappa shape index (κ2) is 6.12. The van der Waals surface area contributed by atoms with Crippen molar-refractivity contribution in [2.24, 2.45) is 5.92 Å². The first-order valence-electron chi connectivity index (χ1n) is 6.14. The van der Waals surface area contributed by atoms with Crippen LogP contribution in [0.2, 0.25) is 5.15 Å². The smallest absolute Gasteiger partial charge is 0.348 e. The maximum absolute atomic E-state index is 10.9. The average molecular weight is 287 g/mol. The topological polar surface area (TPSA) is 101 Å². The van der Waals surface area contributed by atoms with Crippen LogP contribution in [0.15, 0.2) is 6.33 Å². The zero-order valence-corrected chi connectivity index (χ0v) is 11.0. The molecule has 7 nitrogen and oxygen atoms in total. The highest BCUT2D eigenvalue weighted by Gasteiger charge is 2.23. The Bertz CT molecular complexity index is 463. The molecule has 0 aliphatic heterocycles. The fraction of sp³-hybridized carbons (Fsp3) is 0.636. The van der Waals surface area contributed by atoms with Gasteiger partial charge in [0, 0.05) is 6.54 Å². The zero-order chi connectivity index (χ0) is 13.8. The summed E-state index contributed by atoms with van der Waals surface area (Å²) in [7, 11) is 0. The number of anilines is 1. The highest BCUT2D eigenvalue weighted by molar-refractivity contribution is 6.31. The first kappa shape index (κ1) is 14.0. The highest BCUT2D eigenvalue weighted by atomic mass is 35.5. The number of rotatable bonds is 4. The van der Waals surface area contributed by atoms with Crippen LogP contribution in [0.3, 0.4) is 0 Å². The van der Waals surface area contributed by atoms with E-state index in [9.17, 15) is 15.2 Å². The summed E-state index contributed by atoms with van der Waals surface area (Å²) < 4.78 is 0. The third-order valence-electron chi connectivity index (χ3n) is 3.33. The predicted molar refractivity (Wildman–Crippen MR) is 70.2 cm³/mol. The van der Waals surface area contributed by atoms with Crippen molar-refractivity contribution in [1.29, 1.82) is 0 Å². The number of hydrogen-bond acceptors (Lipinski definition) is 6. The fourth-order valence-corrected chi connectivity index (χ4v) is 2.44. The Morgan fingerprint density at radius 1 is 1.42 bits per heavy atom. The third kappa shape index (κ3) is 3.51. The molecule has 0 unspecified atom stereocenters. The van der Waals surface area contributed by atoms with Crippen molar-refractivity contribution in [3.05, 3.63) is 21.6 Å². The minimum Gasteiger partial charge on any atom is -0.393 e. The molecule has 0 amide bonds. The van der Waals surface area contributed by atoms with Gasteiger partial charge in [0.25, 0.3) is 0 Å². The summed E-state index contributed by atoms with van der Waals surface area (Å²) in [6.45, 7) is 0.584. The van der Waals surface area contributed by atoms with E-state index in [1.54, 1.807) is 0 Å². The van der Waals surface area contributed by atoms with Crippen LogP contribution >= 0.6 is 11.6 Å². The van der Waals surface area contributed by atoms with Crippen LogP contribution in [0.25, 0.3) is 0 Å². The number of nitrogens with zero attached hydrogens (tertiary/aromatic N) is 3. The Morgan fingerprint density at radius 3 is 2.74 bits per heavy atom. The molecule has 8 heteroatoms. The molecule has 104 valence electrons. The Labute approximate surface area is 115 Å². The Morgan fingerprint density at radius 2 is 2.11 bits per heavy atom. The van der Waals surface area contributed by atoms with Crippen LogP contribution in [0, 0.1) is 16.0 Å². The van der Waals surface area contributed by atoms with Crippen molar-refractivity contribution in [1.82, 2.24) is 9.97 Å². The molecule has 1 aliphatic rings. The van der Waals surface area contributed by atoms with Crippen LogP contribution in [-0.2, 0) is 0 Å². The van der Waals surface area contributed by atoms with Gasteiger partial charge in [-0.05, 0) is 31.6 Å². The van der Waals surface area contributed by atoms with Gasteiger partial charge in [0.15, 0.2) is 0 Å². The van der Waals surface area contributed by atoms with Gasteiger partial charge in [-0.15, -0.1) is 0 Å². The molecule has 19 heavy (non-hydrogen) atoms. The average Bonchev–Trinajstić information content (AvgIpc) is 2.37. The molecule has 1 fully saturated rings. The lowest BCUT2D eigenvalue weighted by Crippen LogP contribution is -2.24. The van der Waals surface area contributed by atoms with Crippen molar-refractivity contribution in [3.8, 4) is 0 Å². The van der Waals surface area contributed by atoms with E-state index in [4.69, 9.17) is 11.6 Å². The molecule has 0 aromatic carbocycles. The summed E-state index contributed by atoms with van der Waals surface area (Å²) in [5.41, 5.74) is -0.292. The van der Waals surface area contributed by atoms with Gasteiger partial charge < -0.3 is 10.4 Å². The van der Waals surface area contributed by atoms with Crippen molar-refractivity contribution >= 4 is 23.1 Å². The highest BCUT2D eigenvalue weighted by Crippen LogP contribution is 2.30. The maximum atomic E-state index is 10.9. The molecule has 1 aromatic heterocycles. The van der Waals surface area contributed by atoms with Gasteiger partial charge in [0.05, 0.1) is 11.0 Å². The second-order valence-electron chi connectivity index (χ2n) is 4.67. The van der Waals surface area contributed by atoms with E-state index in [2.05, 4.69) is 15.3 Å². The van der Waals surface area contributed by atoms with Gasteiger partial charge in [-0.3, -0.25) is 10.1 Å². The maximum Gasteiger partial charge on any atom is 0.348 e. The largest absolute Gasteiger partial charge is 0.393 e. The van der Waals surface area contributed by atoms with Crippen molar-refractivity contribution in [2.45, 2.75) is 31.8 Å². The summed E-state index contributed by atoms with van der Waals surface area (Å²) in [6.07, 6.45) is 4.35. The number of aliphatic hydroxyl groups is 1. The summed E-state index contributed by atoms with van der Waals surface area (Å²) in [5.74, 6) is 0.535. The summed E-state index contributed by atoms with van der Waals surface area (Å²) in [5, 5.41) is 23.1. The van der Waals surface area contributed by atoms with Crippen LogP contribution < -0.4 is 5.32 Å². The van der Waals surface area contributed by atoms with Gasteiger partial charge in [0.2, 0.25) is 11.0 Å². The van der Waals surface area contributed by atoms with Crippen molar-refractivity contribution in [3.63, 3.8) is 0 Å². The normalized spacial score (nSPS) is 23.1. The predicted octanol–water partition coefficient (Wildman–Crippen LogP) is 2.00. The Kier molecular flexibility index (Phi) is 4.49. The van der Waals surface area contributed by atoms with E-state index in [1.165, 1.54) is 6.33 Å². The molecule has 0 spiro atoms. The lowest BCUT2D eigenvalue weighted by molar-refractivity contribution is -0.384. The van der Waals surface area contributed by atoms with Gasteiger partial charge in [-0.1, -0.05) is 11.6 Å². The molecular formula is C11H15ClN4O3. The van der Waals surface area contributed by atoms with Crippen LogP contribution in [0.4, 0.5) is 11.5 Å². The summed E-state index contributed by atoms with van der Waals surface area (Å²) >= 11 is 5.70. The van der Waals surface area contributed by atoms with Crippen LogP contribution in [0.1, 0.15) is 25.7 Å². The van der Waals surface area contributed by atoms with E-state index >= 15 is 0 Å². The molecule has 1 saturated carbocycles. The molecule has 0 atom stereocenters. The van der Waals surface area contributed by atoms with E-state index in [0.29, 0.717) is 12.5 Å². The molecule has 1 aromatic rings. The number of hydrogen-bond donors (Lipinski definition) is 2. The Hall–Kier alpha value is -1.47. The standard InChI is InChI=1S/C11H15ClN4O3/c12-10-9(16(18)19)11(15-6-14-10)13-5-7-1-3-8(17)4-2-7/h6-8,17H,1-5H2,(H,13,14,15). The fourth-order valence-electron chi connectivity index (χ4n) is 2.24.